The number of alkyl halides is 1. The summed E-state index contributed by atoms with van der Waals surface area (Å²) in [5, 5.41) is 19.2. The zero-order valence-corrected chi connectivity index (χ0v) is 13.0. The highest BCUT2D eigenvalue weighted by molar-refractivity contribution is 6.29. The maximum atomic E-state index is 14.1. The Balaban J connectivity index is 0.000000284. The molecule has 1 aromatic heterocycles. The van der Waals surface area contributed by atoms with Gasteiger partial charge in [-0.3, -0.25) is 0 Å². The maximum Gasteiger partial charge on any atom is 0.328 e. The van der Waals surface area contributed by atoms with Crippen LogP contribution in [0.1, 0.15) is 24.7 Å². The maximum absolute atomic E-state index is 14.1. The highest BCUT2D eigenvalue weighted by Crippen LogP contribution is 2.31. The van der Waals surface area contributed by atoms with Gasteiger partial charge in [0.05, 0.1) is 5.69 Å². The van der Waals surface area contributed by atoms with Gasteiger partial charge < -0.3 is 15.5 Å². The summed E-state index contributed by atoms with van der Waals surface area (Å²) in [6.07, 6.45) is 1.88. The summed E-state index contributed by atoms with van der Waals surface area (Å²) in [5.41, 5.74) is 0.467. The first-order chi connectivity index (χ1) is 10.9. The number of nitrogens with zero attached hydrogens (tertiary/aromatic N) is 1. The van der Waals surface area contributed by atoms with E-state index in [0.717, 1.165) is 25.9 Å². The molecule has 3 N–H and O–H groups in total. The summed E-state index contributed by atoms with van der Waals surface area (Å²) in [5.74, 6) is -2.43. The van der Waals surface area contributed by atoms with Crippen LogP contribution in [0, 0.1) is 5.92 Å². The molecule has 1 saturated heterocycles. The summed E-state index contributed by atoms with van der Waals surface area (Å²) in [6, 6.07) is 5.12. The number of carboxylic acids is 2. The highest BCUT2D eigenvalue weighted by Gasteiger charge is 2.25. The Bertz CT molecular complexity index is 546. The van der Waals surface area contributed by atoms with Crippen LogP contribution in [0.3, 0.4) is 0 Å². The van der Waals surface area contributed by atoms with Crippen molar-refractivity contribution in [2.45, 2.75) is 19.0 Å². The number of hydrogen-bond donors (Lipinski definition) is 3. The normalized spacial score (nSPS) is 16.4. The summed E-state index contributed by atoms with van der Waals surface area (Å²) in [6.45, 7) is 1.79. The van der Waals surface area contributed by atoms with Crippen LogP contribution >= 0.6 is 11.6 Å². The summed E-state index contributed by atoms with van der Waals surface area (Å²) in [4.78, 5) is 23.1. The van der Waals surface area contributed by atoms with Crippen LogP contribution in [0.4, 0.5) is 4.39 Å². The molecule has 1 atom stereocenters. The number of pyridine rings is 1. The lowest BCUT2D eigenvalue weighted by atomic mass is 9.91. The number of nitrogens with one attached hydrogen (secondary N) is 1. The molecule has 0 aromatic carbocycles. The van der Waals surface area contributed by atoms with Gasteiger partial charge in [-0.1, -0.05) is 17.7 Å². The van der Waals surface area contributed by atoms with Crippen LogP contribution in [0.2, 0.25) is 5.15 Å². The molecule has 0 saturated carbocycles. The lowest BCUT2D eigenvalue weighted by Crippen LogP contribution is -2.30. The lowest BCUT2D eigenvalue weighted by Gasteiger charge is -2.25. The fourth-order valence-corrected chi connectivity index (χ4v) is 2.27. The van der Waals surface area contributed by atoms with Gasteiger partial charge in [-0.25, -0.2) is 19.0 Å². The first-order valence-electron chi connectivity index (χ1n) is 7.01. The van der Waals surface area contributed by atoms with Crippen molar-refractivity contribution in [1.29, 1.82) is 0 Å². The summed E-state index contributed by atoms with van der Waals surface area (Å²) >= 11 is 5.74. The number of carbonyl (C=O) groups is 2. The van der Waals surface area contributed by atoms with Crippen molar-refractivity contribution in [1.82, 2.24) is 10.3 Å². The van der Waals surface area contributed by atoms with Gasteiger partial charge in [0.25, 0.3) is 0 Å². The van der Waals surface area contributed by atoms with Crippen molar-refractivity contribution in [3.63, 3.8) is 0 Å². The number of halogens is 2. The molecule has 2 heterocycles. The third-order valence-corrected chi connectivity index (χ3v) is 3.40. The van der Waals surface area contributed by atoms with Gasteiger partial charge in [0.15, 0.2) is 0 Å². The molecular formula is C15H18ClFN2O4. The van der Waals surface area contributed by atoms with E-state index in [4.69, 9.17) is 21.8 Å². The topological polar surface area (TPSA) is 99.5 Å². The molecule has 1 aromatic rings. The smallest absolute Gasteiger partial charge is 0.328 e. The molecule has 126 valence electrons. The van der Waals surface area contributed by atoms with Gasteiger partial charge in [0.2, 0.25) is 0 Å². The fraction of sp³-hybridized carbons (Fsp3) is 0.400. The SMILES string of the molecule is FC(c1cccc(Cl)n1)C1CCNCC1.O=C(O)/C=C\C(=O)O. The molecular weight excluding hydrogens is 327 g/mol. The predicted molar refractivity (Wildman–Crippen MR) is 83.1 cm³/mol. The minimum absolute atomic E-state index is 0.0808. The van der Waals surface area contributed by atoms with E-state index in [0.29, 0.717) is 23.0 Å². The van der Waals surface area contributed by atoms with Gasteiger partial charge in [0.1, 0.15) is 11.3 Å². The molecule has 6 nitrogen and oxygen atoms in total. The van der Waals surface area contributed by atoms with E-state index in [9.17, 15) is 14.0 Å². The molecule has 1 fully saturated rings. The molecule has 0 aliphatic carbocycles. The van der Waals surface area contributed by atoms with Crippen LogP contribution < -0.4 is 5.32 Å². The highest BCUT2D eigenvalue weighted by atomic mass is 35.5. The Hall–Kier alpha value is -1.99. The third-order valence-electron chi connectivity index (χ3n) is 3.19. The molecule has 1 unspecified atom stereocenters. The quantitative estimate of drug-likeness (QED) is 0.573. The van der Waals surface area contributed by atoms with E-state index in [1.165, 1.54) is 0 Å². The largest absolute Gasteiger partial charge is 0.478 e. The predicted octanol–water partition coefficient (Wildman–Crippen LogP) is 2.46. The molecule has 0 radical (unpaired) electrons. The Labute approximate surface area is 138 Å². The van der Waals surface area contributed by atoms with Crippen LogP contribution in [0.15, 0.2) is 30.4 Å². The fourth-order valence-electron chi connectivity index (χ4n) is 2.10. The molecule has 0 bridgehead atoms. The van der Waals surface area contributed by atoms with Crippen molar-refractivity contribution in [2.24, 2.45) is 5.92 Å². The Kier molecular flexibility index (Phi) is 8.21. The van der Waals surface area contributed by atoms with Crippen LogP contribution in [-0.2, 0) is 9.59 Å². The Morgan fingerprint density at radius 1 is 1.26 bits per heavy atom. The number of aromatic nitrogens is 1. The van der Waals surface area contributed by atoms with E-state index < -0.39 is 18.1 Å². The number of rotatable bonds is 4. The van der Waals surface area contributed by atoms with E-state index in [-0.39, 0.29) is 5.92 Å². The van der Waals surface area contributed by atoms with Gasteiger partial charge in [-0.05, 0) is 44.0 Å². The molecule has 8 heteroatoms. The Morgan fingerprint density at radius 2 is 1.83 bits per heavy atom. The van der Waals surface area contributed by atoms with E-state index in [2.05, 4.69) is 10.3 Å². The number of aliphatic carboxylic acids is 2. The van der Waals surface area contributed by atoms with Gasteiger partial charge in [-0.2, -0.15) is 0 Å². The Morgan fingerprint density at radius 3 is 2.30 bits per heavy atom. The van der Waals surface area contributed by atoms with E-state index >= 15 is 0 Å². The van der Waals surface area contributed by atoms with Gasteiger partial charge in [-0.15, -0.1) is 0 Å². The second-order valence-corrected chi connectivity index (χ2v) is 5.27. The van der Waals surface area contributed by atoms with Crippen molar-refractivity contribution in [2.75, 3.05) is 13.1 Å². The van der Waals surface area contributed by atoms with Crippen molar-refractivity contribution in [3.8, 4) is 0 Å². The standard InChI is InChI=1S/C11H14ClFN2.C4H4O4/c12-10-3-1-2-9(15-10)11(13)8-4-6-14-7-5-8;5-3(6)1-2-4(7)8/h1-3,8,11,14H,4-7H2;1-2H,(H,5,6)(H,7,8)/b;2-1-. The second kappa shape index (κ2) is 9.91. The first-order valence-corrected chi connectivity index (χ1v) is 7.39. The minimum Gasteiger partial charge on any atom is -0.478 e. The van der Waals surface area contributed by atoms with Gasteiger partial charge in [0, 0.05) is 12.2 Å². The molecule has 0 spiro atoms. The average Bonchev–Trinajstić information content (AvgIpc) is 2.54. The molecule has 0 amide bonds. The molecule has 1 aliphatic rings. The second-order valence-electron chi connectivity index (χ2n) is 4.88. The minimum atomic E-state index is -1.26. The third kappa shape index (κ3) is 7.71. The van der Waals surface area contributed by atoms with E-state index in [1.54, 1.807) is 18.2 Å². The van der Waals surface area contributed by atoms with Crippen molar-refractivity contribution in [3.05, 3.63) is 41.2 Å². The van der Waals surface area contributed by atoms with Crippen molar-refractivity contribution >= 4 is 23.5 Å². The van der Waals surface area contributed by atoms with Crippen LogP contribution in [0.5, 0.6) is 0 Å². The average molecular weight is 345 g/mol. The number of piperidine rings is 1. The lowest BCUT2D eigenvalue weighted by molar-refractivity contribution is -0.134. The summed E-state index contributed by atoms with van der Waals surface area (Å²) < 4.78 is 14.1. The first kappa shape index (κ1) is 19.1. The monoisotopic (exact) mass is 344 g/mol. The number of carboxylic acid groups (broad SMARTS) is 2. The van der Waals surface area contributed by atoms with Gasteiger partial charge >= 0.3 is 11.9 Å². The van der Waals surface area contributed by atoms with E-state index in [1.807, 2.05) is 0 Å². The zero-order chi connectivity index (χ0) is 17.2. The molecule has 2 rings (SSSR count). The van der Waals surface area contributed by atoms with Crippen molar-refractivity contribution < 1.29 is 24.2 Å². The number of hydrogen-bond acceptors (Lipinski definition) is 4. The van der Waals surface area contributed by atoms with Crippen LogP contribution in [0.25, 0.3) is 0 Å². The summed E-state index contributed by atoms with van der Waals surface area (Å²) in [7, 11) is 0. The molecule has 1 aliphatic heterocycles. The van der Waals surface area contributed by atoms with Crippen LogP contribution in [-0.4, -0.2) is 40.2 Å². The zero-order valence-electron chi connectivity index (χ0n) is 12.3. The molecule has 23 heavy (non-hydrogen) atoms.